The molecule has 1 aromatic carbocycles. The van der Waals surface area contributed by atoms with Crippen molar-refractivity contribution in [1.82, 2.24) is 14.8 Å². The number of hydrogen-bond acceptors (Lipinski definition) is 4. The Morgan fingerprint density at radius 3 is 2.51 bits per heavy atom. The zero-order valence-corrected chi connectivity index (χ0v) is 22.7. The number of carbonyl (C=O) groups is 2. The topological polar surface area (TPSA) is 63.6 Å². The van der Waals surface area contributed by atoms with Crippen molar-refractivity contribution in [1.29, 1.82) is 0 Å². The molecule has 2 aliphatic rings. The van der Waals surface area contributed by atoms with E-state index in [0.29, 0.717) is 19.6 Å². The van der Waals surface area contributed by atoms with Gasteiger partial charge in [0, 0.05) is 32.1 Å². The molecular weight excluding hydrogens is 526 g/mol. The summed E-state index contributed by atoms with van der Waals surface area (Å²) in [5.74, 6) is 1.58. The number of rotatable bonds is 7. The molecule has 6 nitrogen and oxygen atoms in total. The summed E-state index contributed by atoms with van der Waals surface area (Å²) in [4.78, 5) is 28.8. The Balaban J connectivity index is 1.41. The predicted molar refractivity (Wildman–Crippen MR) is 143 cm³/mol. The van der Waals surface area contributed by atoms with Crippen molar-refractivity contribution in [2.24, 2.45) is 17.8 Å². The molecular formula is C27H32BrN3O3S. The molecule has 2 fully saturated rings. The number of aromatic nitrogens is 1. The molecule has 2 atom stereocenters. The number of carbonyl (C=O) groups excluding carboxylic acids is 2. The van der Waals surface area contributed by atoms with Crippen molar-refractivity contribution in [3.8, 4) is 5.75 Å². The van der Waals surface area contributed by atoms with Crippen LogP contribution in [-0.2, 0) is 11.3 Å². The number of piperidine rings is 1. The summed E-state index contributed by atoms with van der Waals surface area (Å²) in [6, 6.07) is 12.1. The second-order valence-corrected chi connectivity index (χ2v) is 12.2. The molecule has 0 spiro atoms. The molecule has 3 heterocycles. The van der Waals surface area contributed by atoms with E-state index in [0.717, 1.165) is 63.2 Å². The number of amides is 2. The summed E-state index contributed by atoms with van der Waals surface area (Å²) in [5.41, 5.74) is 2.90. The number of ether oxygens (including phenoxy) is 1. The third-order valence-corrected chi connectivity index (χ3v) is 9.07. The average Bonchev–Trinajstić information content (AvgIpc) is 3.38. The number of benzene rings is 1. The van der Waals surface area contributed by atoms with Gasteiger partial charge in [-0.15, -0.1) is 11.3 Å². The smallest absolute Gasteiger partial charge is 0.270 e. The van der Waals surface area contributed by atoms with Crippen LogP contribution >= 0.6 is 27.3 Å². The highest BCUT2D eigenvalue weighted by molar-refractivity contribution is 9.11. The number of methoxy groups -OCH3 is 1. The molecule has 1 aliphatic heterocycles. The Morgan fingerprint density at radius 1 is 1.14 bits per heavy atom. The van der Waals surface area contributed by atoms with Gasteiger partial charge in [0.25, 0.3) is 5.91 Å². The molecule has 1 N–H and O–H groups in total. The van der Waals surface area contributed by atoms with Crippen LogP contribution in [0, 0.1) is 17.8 Å². The van der Waals surface area contributed by atoms with E-state index < -0.39 is 0 Å². The van der Waals surface area contributed by atoms with Gasteiger partial charge in [0.15, 0.2) is 0 Å². The number of nitrogens with one attached hydrogen (secondary N) is 1. The first-order chi connectivity index (χ1) is 17.0. The van der Waals surface area contributed by atoms with Gasteiger partial charge in [-0.2, -0.15) is 0 Å². The zero-order valence-electron chi connectivity index (χ0n) is 20.3. The molecule has 3 aromatic rings. The van der Waals surface area contributed by atoms with Crippen molar-refractivity contribution < 1.29 is 14.3 Å². The normalized spacial score (nSPS) is 21.8. The molecule has 2 aromatic heterocycles. The van der Waals surface area contributed by atoms with Gasteiger partial charge in [-0.1, -0.05) is 25.5 Å². The molecule has 1 saturated carbocycles. The Hall–Kier alpha value is -2.32. The van der Waals surface area contributed by atoms with Crippen LogP contribution in [0.4, 0.5) is 0 Å². The van der Waals surface area contributed by atoms with Crippen LogP contribution in [0.5, 0.6) is 5.75 Å². The van der Waals surface area contributed by atoms with Gasteiger partial charge in [-0.25, -0.2) is 0 Å². The zero-order chi connectivity index (χ0) is 24.5. The maximum Gasteiger partial charge on any atom is 0.270 e. The van der Waals surface area contributed by atoms with Crippen molar-refractivity contribution in [2.45, 2.75) is 39.2 Å². The first kappa shape index (κ1) is 24.4. The predicted octanol–water partition coefficient (Wildman–Crippen LogP) is 5.54. The molecule has 2 amide bonds. The van der Waals surface area contributed by atoms with E-state index in [4.69, 9.17) is 4.74 Å². The number of halogens is 1. The van der Waals surface area contributed by atoms with E-state index in [1.807, 2.05) is 35.2 Å². The van der Waals surface area contributed by atoms with Crippen LogP contribution in [0.1, 0.15) is 48.7 Å². The highest BCUT2D eigenvalue weighted by atomic mass is 79.9. The van der Waals surface area contributed by atoms with E-state index in [-0.39, 0.29) is 29.6 Å². The lowest BCUT2D eigenvalue weighted by atomic mass is 9.68. The number of likely N-dealkylation sites (tertiary alicyclic amines) is 1. The molecule has 186 valence electrons. The lowest BCUT2D eigenvalue weighted by molar-refractivity contribution is -0.132. The Labute approximate surface area is 218 Å². The minimum absolute atomic E-state index is 0.0323. The Bertz CT molecular complexity index is 1200. The van der Waals surface area contributed by atoms with Crippen LogP contribution in [0.25, 0.3) is 10.2 Å². The van der Waals surface area contributed by atoms with Crippen molar-refractivity contribution in [3.63, 3.8) is 0 Å². The molecule has 0 radical (unpaired) electrons. The fourth-order valence-electron chi connectivity index (χ4n) is 5.83. The van der Waals surface area contributed by atoms with Crippen molar-refractivity contribution in [2.75, 3.05) is 26.7 Å². The minimum Gasteiger partial charge on any atom is -0.497 e. The standard InChI is InChI=1S/C27H32BrN3O3S/c1-3-11-29-26(32)25-18-5-4-6-19(25)16-30(15-18)27(33)22-12-23-21(13-24(28)35-23)31(22)14-17-7-9-20(34-2)10-8-17/h7-10,12-13,18-19,25H,3-6,11,14-16H2,1-2H3,(H,29,32). The summed E-state index contributed by atoms with van der Waals surface area (Å²) in [7, 11) is 1.66. The highest BCUT2D eigenvalue weighted by Gasteiger charge is 2.44. The summed E-state index contributed by atoms with van der Waals surface area (Å²) >= 11 is 5.26. The van der Waals surface area contributed by atoms with Gasteiger partial charge in [0.1, 0.15) is 11.4 Å². The van der Waals surface area contributed by atoms with Gasteiger partial charge in [0.05, 0.1) is 21.1 Å². The minimum atomic E-state index is 0.0323. The molecule has 1 aliphatic carbocycles. The largest absolute Gasteiger partial charge is 0.497 e. The highest BCUT2D eigenvalue weighted by Crippen LogP contribution is 2.41. The van der Waals surface area contributed by atoms with Crippen molar-refractivity contribution in [3.05, 3.63) is 51.4 Å². The van der Waals surface area contributed by atoms with Gasteiger partial charge in [-0.05, 0) is 76.9 Å². The summed E-state index contributed by atoms with van der Waals surface area (Å²) in [6.45, 7) is 4.73. The van der Waals surface area contributed by atoms with E-state index >= 15 is 0 Å². The molecule has 2 unspecified atom stereocenters. The van der Waals surface area contributed by atoms with E-state index in [1.54, 1.807) is 18.4 Å². The maximum absolute atomic E-state index is 13.9. The van der Waals surface area contributed by atoms with E-state index in [9.17, 15) is 9.59 Å². The molecule has 8 heteroatoms. The molecule has 1 saturated heterocycles. The summed E-state index contributed by atoms with van der Waals surface area (Å²) in [6.07, 6.45) is 4.11. The fraction of sp³-hybridized carbons (Fsp3) is 0.481. The van der Waals surface area contributed by atoms with E-state index in [2.05, 4.69) is 38.8 Å². The van der Waals surface area contributed by atoms with Crippen LogP contribution in [0.15, 0.2) is 40.2 Å². The fourth-order valence-corrected chi connectivity index (χ4v) is 7.40. The van der Waals surface area contributed by atoms with Crippen molar-refractivity contribution >= 4 is 49.3 Å². The monoisotopic (exact) mass is 557 g/mol. The van der Waals surface area contributed by atoms with Gasteiger partial charge in [0.2, 0.25) is 5.91 Å². The number of thiophene rings is 1. The second-order valence-electron chi connectivity index (χ2n) is 9.74. The number of fused-ring (bicyclic) bond motifs is 3. The van der Waals surface area contributed by atoms with Crippen LogP contribution < -0.4 is 10.1 Å². The van der Waals surface area contributed by atoms with Gasteiger partial charge in [-0.3, -0.25) is 9.59 Å². The lowest BCUT2D eigenvalue weighted by Crippen LogP contribution is -2.55. The average molecular weight is 559 g/mol. The van der Waals surface area contributed by atoms with Gasteiger partial charge < -0.3 is 19.5 Å². The van der Waals surface area contributed by atoms with Crippen LogP contribution in [-0.4, -0.2) is 48.0 Å². The SMILES string of the molecule is CCCNC(=O)C1C2CCCC1CN(C(=O)c1cc3sc(Br)cc3n1Cc1ccc(OC)cc1)C2. The van der Waals surface area contributed by atoms with E-state index in [1.165, 1.54) is 0 Å². The maximum atomic E-state index is 13.9. The Morgan fingerprint density at radius 2 is 1.86 bits per heavy atom. The number of hydrogen-bond donors (Lipinski definition) is 1. The summed E-state index contributed by atoms with van der Waals surface area (Å²) < 4.78 is 9.59. The third-order valence-electron chi connectivity index (χ3n) is 7.49. The second kappa shape index (κ2) is 10.3. The lowest BCUT2D eigenvalue weighted by Gasteiger charge is -2.46. The molecule has 35 heavy (non-hydrogen) atoms. The van der Waals surface area contributed by atoms with Gasteiger partial charge >= 0.3 is 0 Å². The summed E-state index contributed by atoms with van der Waals surface area (Å²) in [5, 5.41) is 3.11. The number of nitrogens with zero attached hydrogens (tertiary/aromatic N) is 2. The van der Waals surface area contributed by atoms with Crippen LogP contribution in [0.2, 0.25) is 0 Å². The quantitative estimate of drug-likeness (QED) is 0.415. The van der Waals surface area contributed by atoms with Crippen LogP contribution in [0.3, 0.4) is 0 Å². The first-order valence-corrected chi connectivity index (χ1v) is 14.1. The third kappa shape index (κ3) is 4.87. The first-order valence-electron chi connectivity index (χ1n) is 12.5. The molecule has 5 rings (SSSR count). The Kier molecular flexibility index (Phi) is 7.21. The molecule has 2 bridgehead atoms.